The van der Waals surface area contributed by atoms with E-state index in [-0.39, 0.29) is 13.1 Å². The van der Waals surface area contributed by atoms with Gasteiger partial charge in [-0.05, 0) is 17.7 Å². The molecule has 1 aromatic carbocycles. The van der Waals surface area contributed by atoms with Crippen LogP contribution in [0.3, 0.4) is 0 Å². The molecule has 4 amide bonds. The molecular weight excluding hydrogens is 312 g/mol. The number of carbonyl (C=O) groups excluding carboxylic acids is 3. The Hall–Kier alpha value is -1.95. The molecule has 1 saturated heterocycles. The average molecular weight is 323 g/mol. The van der Waals surface area contributed by atoms with E-state index in [0.29, 0.717) is 0 Å². The lowest BCUT2D eigenvalue weighted by molar-refractivity contribution is -0.143. The van der Waals surface area contributed by atoms with Crippen LogP contribution in [-0.2, 0) is 16.1 Å². The van der Waals surface area contributed by atoms with Crippen molar-refractivity contribution in [3.8, 4) is 0 Å². The summed E-state index contributed by atoms with van der Waals surface area (Å²) in [6, 6.07) is 6.61. The topological polar surface area (TPSA) is 57.7 Å². The molecule has 19 heavy (non-hydrogen) atoms. The number of urea groups is 1. The van der Waals surface area contributed by atoms with Crippen LogP contribution in [0.25, 0.3) is 0 Å². The zero-order valence-corrected chi connectivity index (χ0v) is 11.6. The first kappa shape index (κ1) is 13.5. The summed E-state index contributed by atoms with van der Waals surface area (Å²) in [4.78, 5) is 37.2. The zero-order valence-electron chi connectivity index (χ0n) is 10.0. The number of imide groups is 2. The van der Waals surface area contributed by atoms with Crippen molar-refractivity contribution in [3.05, 3.63) is 47.0 Å². The van der Waals surface area contributed by atoms with Crippen molar-refractivity contribution in [2.45, 2.75) is 6.54 Å². The van der Waals surface area contributed by atoms with Crippen LogP contribution in [0, 0.1) is 0 Å². The summed E-state index contributed by atoms with van der Waals surface area (Å²) in [6.45, 7) is 3.58. The number of halogens is 1. The lowest BCUT2D eigenvalue weighted by Crippen LogP contribution is -2.33. The number of amides is 4. The molecule has 5 nitrogen and oxygen atoms in total. The molecule has 2 rings (SSSR count). The Morgan fingerprint density at radius 3 is 2.47 bits per heavy atom. The Kier molecular flexibility index (Phi) is 3.80. The molecule has 1 fully saturated rings. The molecule has 0 unspecified atom stereocenters. The maximum atomic E-state index is 12.0. The Morgan fingerprint density at radius 2 is 1.84 bits per heavy atom. The molecule has 6 heteroatoms. The molecule has 0 bridgehead atoms. The van der Waals surface area contributed by atoms with Gasteiger partial charge in [-0.2, -0.15) is 0 Å². The Morgan fingerprint density at radius 1 is 1.16 bits per heavy atom. The van der Waals surface area contributed by atoms with E-state index in [1.807, 2.05) is 6.07 Å². The highest BCUT2D eigenvalue weighted by atomic mass is 79.9. The molecule has 0 spiro atoms. The van der Waals surface area contributed by atoms with Crippen LogP contribution in [0.4, 0.5) is 4.79 Å². The Balaban J connectivity index is 2.21. The second-order valence-electron chi connectivity index (χ2n) is 4.01. The lowest BCUT2D eigenvalue weighted by atomic mass is 10.2. The van der Waals surface area contributed by atoms with Gasteiger partial charge < -0.3 is 0 Å². The molecule has 1 heterocycles. The van der Waals surface area contributed by atoms with Gasteiger partial charge in [0, 0.05) is 11.0 Å². The van der Waals surface area contributed by atoms with Gasteiger partial charge >= 0.3 is 17.8 Å². The van der Waals surface area contributed by atoms with Gasteiger partial charge in [0.1, 0.15) is 0 Å². The van der Waals surface area contributed by atoms with Crippen LogP contribution < -0.4 is 0 Å². The predicted octanol–water partition coefficient (Wildman–Crippen LogP) is 1.93. The van der Waals surface area contributed by atoms with Gasteiger partial charge in [-0.1, -0.05) is 34.1 Å². The molecule has 0 aromatic heterocycles. The normalized spacial score (nSPS) is 15.3. The SMILES string of the molecule is C=CCN1C(=O)C(=O)N(Cc2cccc(Br)c2)C1=O. The van der Waals surface area contributed by atoms with E-state index >= 15 is 0 Å². The van der Waals surface area contributed by atoms with Crippen molar-refractivity contribution in [2.75, 3.05) is 6.54 Å². The van der Waals surface area contributed by atoms with Gasteiger partial charge in [-0.15, -0.1) is 6.58 Å². The lowest BCUT2D eigenvalue weighted by Gasteiger charge is -2.14. The van der Waals surface area contributed by atoms with Crippen LogP contribution in [-0.4, -0.2) is 34.2 Å². The maximum Gasteiger partial charge on any atom is 0.334 e. The van der Waals surface area contributed by atoms with Crippen LogP contribution in [0.5, 0.6) is 0 Å². The smallest absolute Gasteiger partial charge is 0.263 e. The quantitative estimate of drug-likeness (QED) is 0.483. The first-order chi connectivity index (χ1) is 9.04. The molecule has 1 aliphatic rings. The fourth-order valence-corrected chi connectivity index (χ4v) is 2.24. The van der Waals surface area contributed by atoms with Crippen LogP contribution >= 0.6 is 15.9 Å². The van der Waals surface area contributed by atoms with E-state index in [0.717, 1.165) is 19.8 Å². The van der Waals surface area contributed by atoms with Gasteiger partial charge in [-0.3, -0.25) is 19.4 Å². The second-order valence-corrected chi connectivity index (χ2v) is 4.92. The highest BCUT2D eigenvalue weighted by molar-refractivity contribution is 9.10. The fraction of sp³-hybridized carbons (Fsp3) is 0.154. The molecule has 1 aromatic rings. The first-order valence-electron chi connectivity index (χ1n) is 5.57. The largest absolute Gasteiger partial charge is 0.334 e. The van der Waals surface area contributed by atoms with Gasteiger partial charge in [0.15, 0.2) is 0 Å². The number of benzene rings is 1. The van der Waals surface area contributed by atoms with Crippen LogP contribution in [0.15, 0.2) is 41.4 Å². The highest BCUT2D eigenvalue weighted by Crippen LogP contribution is 2.18. The zero-order chi connectivity index (χ0) is 14.0. The van der Waals surface area contributed by atoms with Gasteiger partial charge in [0.25, 0.3) is 0 Å². The van der Waals surface area contributed by atoms with Crippen molar-refractivity contribution < 1.29 is 14.4 Å². The molecule has 0 N–H and O–H groups in total. The van der Waals surface area contributed by atoms with Gasteiger partial charge in [-0.25, -0.2) is 4.79 Å². The molecule has 98 valence electrons. The number of carbonyl (C=O) groups is 3. The van der Waals surface area contributed by atoms with Crippen LogP contribution in [0.2, 0.25) is 0 Å². The van der Waals surface area contributed by atoms with Crippen molar-refractivity contribution in [1.82, 2.24) is 9.80 Å². The molecule has 0 radical (unpaired) electrons. The summed E-state index contributed by atoms with van der Waals surface area (Å²) in [5.41, 5.74) is 0.768. The van der Waals surface area contributed by atoms with Crippen LogP contribution in [0.1, 0.15) is 5.56 Å². The van der Waals surface area contributed by atoms with E-state index in [2.05, 4.69) is 22.5 Å². The standard InChI is InChI=1S/C13H11BrN2O3/c1-2-6-15-11(17)12(18)16(13(15)19)8-9-4-3-5-10(14)7-9/h2-5,7H,1,6,8H2. The third-order valence-corrected chi connectivity index (χ3v) is 3.17. The third-order valence-electron chi connectivity index (χ3n) is 2.68. The molecule has 0 aliphatic carbocycles. The minimum absolute atomic E-state index is 0.0401. The summed E-state index contributed by atoms with van der Waals surface area (Å²) in [5.74, 6) is -1.60. The van der Waals surface area contributed by atoms with E-state index < -0.39 is 17.8 Å². The van der Waals surface area contributed by atoms with Gasteiger partial charge in [0.05, 0.1) is 6.54 Å². The number of nitrogens with zero attached hydrogens (tertiary/aromatic N) is 2. The maximum absolute atomic E-state index is 12.0. The van der Waals surface area contributed by atoms with E-state index in [9.17, 15) is 14.4 Å². The van der Waals surface area contributed by atoms with Gasteiger partial charge in [0.2, 0.25) is 0 Å². The van der Waals surface area contributed by atoms with Crippen molar-refractivity contribution in [3.63, 3.8) is 0 Å². The number of hydrogen-bond acceptors (Lipinski definition) is 3. The monoisotopic (exact) mass is 322 g/mol. The molecule has 1 aliphatic heterocycles. The average Bonchev–Trinajstić information content (AvgIpc) is 2.57. The number of rotatable bonds is 4. The summed E-state index contributed by atoms with van der Waals surface area (Å²) in [5, 5.41) is 0. The van der Waals surface area contributed by atoms with E-state index in [1.165, 1.54) is 6.08 Å². The summed E-state index contributed by atoms with van der Waals surface area (Å²) < 4.78 is 0.846. The predicted molar refractivity (Wildman–Crippen MR) is 72.0 cm³/mol. The highest BCUT2D eigenvalue weighted by Gasteiger charge is 2.43. The fourth-order valence-electron chi connectivity index (χ4n) is 1.80. The summed E-state index contributed by atoms with van der Waals surface area (Å²) >= 11 is 3.31. The first-order valence-corrected chi connectivity index (χ1v) is 6.36. The van der Waals surface area contributed by atoms with Crippen molar-refractivity contribution >= 4 is 33.8 Å². The number of hydrogen-bond donors (Lipinski definition) is 0. The molecule has 0 atom stereocenters. The minimum Gasteiger partial charge on any atom is -0.263 e. The summed E-state index contributed by atoms with van der Waals surface area (Å²) in [7, 11) is 0. The molecular formula is C13H11BrN2O3. The van der Waals surface area contributed by atoms with Crippen molar-refractivity contribution in [1.29, 1.82) is 0 Å². The Labute approximate surface area is 118 Å². The minimum atomic E-state index is -0.806. The van der Waals surface area contributed by atoms with E-state index in [4.69, 9.17) is 0 Å². The third kappa shape index (κ3) is 2.58. The second kappa shape index (κ2) is 5.36. The van der Waals surface area contributed by atoms with Crippen molar-refractivity contribution in [2.24, 2.45) is 0 Å². The Bertz CT molecular complexity index is 571. The summed E-state index contributed by atoms with van der Waals surface area (Å²) in [6.07, 6.45) is 1.41. The molecule has 0 saturated carbocycles. The van der Waals surface area contributed by atoms with E-state index in [1.54, 1.807) is 18.2 Å².